The monoisotopic (exact) mass is 352 g/mol. The first kappa shape index (κ1) is 18.3. The molecule has 5 heteroatoms. The lowest BCUT2D eigenvalue weighted by Crippen LogP contribution is -2.47. The third-order valence-corrected chi connectivity index (χ3v) is 4.63. The predicted octanol–water partition coefficient (Wildman–Crippen LogP) is 2.93. The average molecular weight is 352 g/mol. The van der Waals surface area contributed by atoms with Crippen LogP contribution in [0, 0.1) is 6.92 Å². The van der Waals surface area contributed by atoms with Crippen LogP contribution in [0.1, 0.15) is 17.9 Å². The van der Waals surface area contributed by atoms with Gasteiger partial charge >= 0.3 is 0 Å². The molecule has 26 heavy (non-hydrogen) atoms. The van der Waals surface area contributed by atoms with Gasteiger partial charge in [-0.2, -0.15) is 0 Å². The number of aliphatic hydroxyl groups excluding tert-OH is 2. The molecule has 3 rings (SSSR count). The SMILES string of the molecule is Cc1nc(-c2ccc(-c3ccc(CCC(N)(CO)CO)cc3)cc2)co1. The molecule has 0 fully saturated rings. The van der Waals surface area contributed by atoms with Crippen molar-refractivity contribution in [3.63, 3.8) is 0 Å². The van der Waals surface area contributed by atoms with Gasteiger partial charge in [0.15, 0.2) is 5.89 Å². The lowest BCUT2D eigenvalue weighted by molar-refractivity contribution is 0.115. The molecular formula is C21H24N2O3. The topological polar surface area (TPSA) is 92.5 Å². The Hall–Kier alpha value is -2.47. The highest BCUT2D eigenvalue weighted by atomic mass is 16.3. The van der Waals surface area contributed by atoms with E-state index >= 15 is 0 Å². The van der Waals surface area contributed by atoms with Gasteiger partial charge in [-0.1, -0.05) is 48.5 Å². The Morgan fingerprint density at radius 3 is 1.96 bits per heavy atom. The lowest BCUT2D eigenvalue weighted by atomic mass is 9.93. The van der Waals surface area contributed by atoms with Crippen LogP contribution in [0.2, 0.25) is 0 Å². The van der Waals surface area contributed by atoms with E-state index in [0.717, 1.165) is 27.9 Å². The Bertz CT molecular complexity index is 834. The smallest absolute Gasteiger partial charge is 0.191 e. The molecule has 0 saturated heterocycles. The fraction of sp³-hybridized carbons (Fsp3) is 0.286. The fourth-order valence-corrected chi connectivity index (χ4v) is 2.79. The zero-order valence-corrected chi connectivity index (χ0v) is 14.9. The number of nitrogens with two attached hydrogens (primary N) is 1. The number of aromatic nitrogens is 1. The third-order valence-electron chi connectivity index (χ3n) is 4.63. The molecule has 0 aliphatic carbocycles. The summed E-state index contributed by atoms with van der Waals surface area (Å²) in [6.07, 6.45) is 2.91. The summed E-state index contributed by atoms with van der Waals surface area (Å²) >= 11 is 0. The summed E-state index contributed by atoms with van der Waals surface area (Å²) in [5, 5.41) is 18.5. The zero-order chi connectivity index (χ0) is 18.6. The van der Waals surface area contributed by atoms with Crippen molar-refractivity contribution < 1.29 is 14.6 Å². The predicted molar refractivity (Wildman–Crippen MR) is 102 cm³/mol. The number of aryl methyl sites for hydroxylation is 2. The number of nitrogens with zero attached hydrogens (tertiary/aromatic N) is 1. The van der Waals surface area contributed by atoms with Crippen molar-refractivity contribution in [1.82, 2.24) is 4.98 Å². The van der Waals surface area contributed by atoms with E-state index in [1.54, 1.807) is 6.26 Å². The van der Waals surface area contributed by atoms with Crippen LogP contribution in [0.5, 0.6) is 0 Å². The van der Waals surface area contributed by atoms with Gasteiger partial charge in [0.2, 0.25) is 0 Å². The Morgan fingerprint density at radius 2 is 1.46 bits per heavy atom. The molecule has 4 N–H and O–H groups in total. The van der Waals surface area contributed by atoms with Crippen LogP contribution < -0.4 is 5.73 Å². The van der Waals surface area contributed by atoms with Crippen molar-refractivity contribution in [2.45, 2.75) is 25.3 Å². The second-order valence-corrected chi connectivity index (χ2v) is 6.70. The summed E-state index contributed by atoms with van der Waals surface area (Å²) < 4.78 is 5.26. The van der Waals surface area contributed by atoms with E-state index in [1.165, 1.54) is 0 Å². The van der Waals surface area contributed by atoms with Gasteiger partial charge in [-0.25, -0.2) is 4.98 Å². The highest BCUT2D eigenvalue weighted by Crippen LogP contribution is 2.25. The van der Waals surface area contributed by atoms with E-state index in [0.29, 0.717) is 18.7 Å². The molecule has 136 valence electrons. The van der Waals surface area contributed by atoms with Crippen molar-refractivity contribution in [3.05, 3.63) is 66.2 Å². The van der Waals surface area contributed by atoms with Gasteiger partial charge in [-0.3, -0.25) is 0 Å². The summed E-state index contributed by atoms with van der Waals surface area (Å²) in [6, 6.07) is 16.4. The summed E-state index contributed by atoms with van der Waals surface area (Å²) in [4.78, 5) is 4.34. The van der Waals surface area contributed by atoms with Crippen LogP contribution in [-0.2, 0) is 6.42 Å². The molecule has 1 heterocycles. The molecule has 0 radical (unpaired) electrons. The molecular weight excluding hydrogens is 328 g/mol. The first-order valence-electron chi connectivity index (χ1n) is 8.65. The van der Waals surface area contributed by atoms with Crippen molar-refractivity contribution in [3.8, 4) is 22.4 Å². The van der Waals surface area contributed by atoms with E-state index in [2.05, 4.69) is 41.4 Å². The molecule has 5 nitrogen and oxygen atoms in total. The van der Waals surface area contributed by atoms with Gasteiger partial charge in [0.1, 0.15) is 12.0 Å². The number of hydrogen-bond acceptors (Lipinski definition) is 5. The third kappa shape index (κ3) is 4.19. The number of benzene rings is 2. The molecule has 0 atom stereocenters. The molecule has 0 aliphatic rings. The van der Waals surface area contributed by atoms with Crippen LogP contribution in [0.3, 0.4) is 0 Å². The minimum atomic E-state index is -0.923. The summed E-state index contributed by atoms with van der Waals surface area (Å²) in [7, 11) is 0. The largest absolute Gasteiger partial charge is 0.449 e. The van der Waals surface area contributed by atoms with Gasteiger partial charge in [0.25, 0.3) is 0 Å². The van der Waals surface area contributed by atoms with Crippen molar-refractivity contribution in [2.24, 2.45) is 5.73 Å². The molecule has 0 amide bonds. The summed E-state index contributed by atoms with van der Waals surface area (Å²) in [5.41, 5.74) is 10.2. The molecule has 0 saturated carbocycles. The average Bonchev–Trinajstić information content (AvgIpc) is 3.13. The van der Waals surface area contributed by atoms with Crippen LogP contribution in [0.25, 0.3) is 22.4 Å². The van der Waals surface area contributed by atoms with E-state index in [-0.39, 0.29) is 13.2 Å². The van der Waals surface area contributed by atoms with Gasteiger partial charge in [-0.15, -0.1) is 0 Å². The van der Waals surface area contributed by atoms with Gasteiger partial charge in [0.05, 0.1) is 18.8 Å². The van der Waals surface area contributed by atoms with Gasteiger partial charge in [0, 0.05) is 12.5 Å². The van der Waals surface area contributed by atoms with E-state index in [9.17, 15) is 10.2 Å². The highest BCUT2D eigenvalue weighted by molar-refractivity contribution is 5.68. The normalized spacial score (nSPS) is 11.7. The summed E-state index contributed by atoms with van der Waals surface area (Å²) in [5.74, 6) is 0.656. The van der Waals surface area contributed by atoms with Crippen molar-refractivity contribution in [1.29, 1.82) is 0 Å². The van der Waals surface area contributed by atoms with Gasteiger partial charge < -0.3 is 20.4 Å². The number of rotatable bonds is 7. The molecule has 2 aromatic carbocycles. The van der Waals surface area contributed by atoms with Crippen molar-refractivity contribution >= 4 is 0 Å². The maximum absolute atomic E-state index is 9.27. The minimum absolute atomic E-state index is 0.223. The quantitative estimate of drug-likeness (QED) is 0.608. The lowest BCUT2D eigenvalue weighted by Gasteiger charge is -2.24. The minimum Gasteiger partial charge on any atom is -0.449 e. The van der Waals surface area contributed by atoms with E-state index in [1.807, 2.05) is 19.1 Å². The van der Waals surface area contributed by atoms with Crippen LogP contribution >= 0.6 is 0 Å². The Balaban J connectivity index is 1.68. The number of hydrogen-bond donors (Lipinski definition) is 3. The second-order valence-electron chi connectivity index (χ2n) is 6.70. The zero-order valence-electron chi connectivity index (χ0n) is 14.9. The van der Waals surface area contributed by atoms with Crippen LogP contribution in [-0.4, -0.2) is 33.9 Å². The number of oxazole rings is 1. The fourth-order valence-electron chi connectivity index (χ4n) is 2.79. The molecule has 0 bridgehead atoms. The maximum Gasteiger partial charge on any atom is 0.191 e. The maximum atomic E-state index is 9.27. The first-order chi connectivity index (χ1) is 12.5. The molecule has 0 spiro atoms. The second kappa shape index (κ2) is 7.83. The summed E-state index contributed by atoms with van der Waals surface area (Å²) in [6.45, 7) is 1.38. The standard InChI is InChI=1S/C21H24N2O3/c1-15-23-20(12-26-15)19-8-6-18(7-9-19)17-4-2-16(3-5-17)10-11-21(22,13-24)14-25/h2-9,12,24-25H,10-11,13-14,22H2,1H3. The molecule has 1 aromatic heterocycles. The van der Waals surface area contributed by atoms with E-state index in [4.69, 9.17) is 10.2 Å². The molecule has 3 aromatic rings. The first-order valence-corrected chi connectivity index (χ1v) is 8.65. The van der Waals surface area contributed by atoms with Crippen molar-refractivity contribution in [2.75, 3.05) is 13.2 Å². The number of aliphatic hydroxyl groups is 2. The van der Waals surface area contributed by atoms with Gasteiger partial charge in [-0.05, 0) is 29.5 Å². The van der Waals surface area contributed by atoms with Crippen LogP contribution in [0.4, 0.5) is 0 Å². The Morgan fingerprint density at radius 1 is 0.923 bits per heavy atom. The molecule has 0 aliphatic heterocycles. The van der Waals surface area contributed by atoms with Crippen LogP contribution in [0.15, 0.2) is 59.2 Å². The Kier molecular flexibility index (Phi) is 5.52. The highest BCUT2D eigenvalue weighted by Gasteiger charge is 2.22. The molecule has 0 unspecified atom stereocenters. The Labute approximate surface area is 153 Å². The van der Waals surface area contributed by atoms with E-state index < -0.39 is 5.54 Å².